The number of imidazole rings is 2. The standard InChI is InChI=1S/C52H57FN10O9S/c1-26(2)43(58-50(66)69-3)47(64)61-16-6-8-36(61)46-55-23-34(57-46)29-19-32(53)42-38-20-30-18-28(12-13-35(30)63(38)49(72-39(42)21-29)41-15-14-40(73-41)27-10-11-27)33-22-54-45(56-33)37-9-7-17-62(37)48(65)44(59-51(67)70-4)31-24-60(25-31)52(68)71-5/h12-15,18-23,26-27,31,36-37,43-44,49H,6-11,16-17,24-25H2,1-5H3,(H,54,56)(H,55,57)(H,58,66)(H,59,67)/t36-,37-,43-,44?,49?/m0/s1. The highest BCUT2D eigenvalue weighted by Gasteiger charge is 2.46. The molecule has 2 unspecified atom stereocenters. The number of methoxy groups -OCH3 is 3. The van der Waals surface area contributed by atoms with Crippen molar-refractivity contribution >= 4 is 52.3 Å². The largest absolute Gasteiger partial charge is 0.464 e. The van der Waals surface area contributed by atoms with Gasteiger partial charge < -0.3 is 54.2 Å². The maximum Gasteiger partial charge on any atom is 0.409 e. The number of fused-ring (bicyclic) bond motifs is 5. The lowest BCUT2D eigenvalue weighted by Crippen LogP contribution is -2.62. The van der Waals surface area contributed by atoms with Gasteiger partial charge in [0.25, 0.3) is 0 Å². The second-order valence-electron chi connectivity index (χ2n) is 19.8. The second kappa shape index (κ2) is 19.2. The van der Waals surface area contributed by atoms with Gasteiger partial charge in [-0.3, -0.25) is 14.2 Å². The van der Waals surface area contributed by atoms with Gasteiger partial charge in [-0.05, 0) is 92.8 Å². The first-order valence-corrected chi connectivity index (χ1v) is 25.6. The van der Waals surface area contributed by atoms with Crippen molar-refractivity contribution in [1.29, 1.82) is 0 Å². The van der Waals surface area contributed by atoms with Crippen LogP contribution in [0.1, 0.15) is 98.0 Å². The smallest absolute Gasteiger partial charge is 0.409 e. The maximum atomic E-state index is 17.0. The highest BCUT2D eigenvalue weighted by Crippen LogP contribution is 2.50. The van der Waals surface area contributed by atoms with Gasteiger partial charge in [-0.2, -0.15) is 0 Å². The van der Waals surface area contributed by atoms with E-state index in [1.165, 1.54) is 37.2 Å². The summed E-state index contributed by atoms with van der Waals surface area (Å²) in [6, 6.07) is 13.2. The Morgan fingerprint density at radius 3 is 2.05 bits per heavy atom. The Balaban J connectivity index is 0.885. The Hall–Kier alpha value is -7.42. The fourth-order valence-electron chi connectivity index (χ4n) is 10.9. The SMILES string of the molecule is COC(=O)NC(C(=O)N1CCC[C@H]1c1ncc(-c2ccc3c(c2)cc2n3C(c3ccc(C4CC4)s3)Oc3cc(-c4cnc([C@@H]5CCCN5C(=O)[C@@H](NC(=O)OC)C(C)C)[nH]4)cc(F)c3-2)[nH]1)C1CN(C(=O)OC)C1. The van der Waals surface area contributed by atoms with Crippen LogP contribution in [-0.4, -0.2) is 129 Å². The predicted molar refractivity (Wildman–Crippen MR) is 266 cm³/mol. The van der Waals surface area contributed by atoms with Crippen molar-refractivity contribution in [3.63, 3.8) is 0 Å². The molecule has 21 heteroatoms. The Labute approximate surface area is 423 Å². The summed E-state index contributed by atoms with van der Waals surface area (Å²) in [7, 11) is 3.81. The molecule has 0 bridgehead atoms. The van der Waals surface area contributed by atoms with Crippen molar-refractivity contribution in [3.8, 4) is 39.5 Å². The van der Waals surface area contributed by atoms with E-state index < -0.39 is 42.4 Å². The van der Waals surface area contributed by atoms with Crippen LogP contribution in [0.15, 0.2) is 60.9 Å². The molecule has 1 saturated carbocycles. The lowest BCUT2D eigenvalue weighted by atomic mass is 9.90. The molecule has 4 aliphatic heterocycles. The van der Waals surface area contributed by atoms with Crippen LogP contribution in [0, 0.1) is 17.7 Å². The summed E-state index contributed by atoms with van der Waals surface area (Å²) in [6.07, 6.45) is 6.03. The number of nitrogens with zero attached hydrogens (tertiary/aromatic N) is 6. The molecular weight excluding hydrogens is 960 g/mol. The van der Waals surface area contributed by atoms with E-state index in [4.69, 9.17) is 28.9 Å². The zero-order valence-corrected chi connectivity index (χ0v) is 41.9. The van der Waals surface area contributed by atoms with Crippen molar-refractivity contribution in [3.05, 3.63) is 88.1 Å². The lowest BCUT2D eigenvalue weighted by molar-refractivity contribution is -0.137. The summed E-state index contributed by atoms with van der Waals surface area (Å²) < 4.78 is 40.5. The summed E-state index contributed by atoms with van der Waals surface area (Å²) in [5, 5.41) is 6.26. The zero-order chi connectivity index (χ0) is 50.8. The van der Waals surface area contributed by atoms with E-state index in [-0.39, 0.29) is 48.8 Å². The molecule has 382 valence electrons. The zero-order valence-electron chi connectivity index (χ0n) is 41.1. The van der Waals surface area contributed by atoms with Gasteiger partial charge in [0.15, 0.2) is 0 Å². The molecule has 6 aromatic rings. The Morgan fingerprint density at radius 1 is 0.767 bits per heavy atom. The number of carbonyl (C=O) groups excluding carboxylic acids is 5. The van der Waals surface area contributed by atoms with Crippen LogP contribution in [0.25, 0.3) is 44.7 Å². The average Bonchev–Trinajstić information content (AvgIpc) is 4.10. The summed E-state index contributed by atoms with van der Waals surface area (Å²) >= 11 is 1.72. The molecular formula is C52H57FN10O9S. The van der Waals surface area contributed by atoms with Crippen LogP contribution in [0.5, 0.6) is 5.75 Å². The van der Waals surface area contributed by atoms with E-state index in [2.05, 4.69) is 37.3 Å². The van der Waals surface area contributed by atoms with Gasteiger partial charge in [-0.25, -0.2) is 28.7 Å². The van der Waals surface area contributed by atoms with Gasteiger partial charge >= 0.3 is 18.3 Å². The summed E-state index contributed by atoms with van der Waals surface area (Å²) in [5.74, 6) is 0.616. The van der Waals surface area contributed by atoms with Crippen LogP contribution < -0.4 is 15.4 Å². The number of hydrogen-bond donors (Lipinski definition) is 4. The van der Waals surface area contributed by atoms with E-state index in [1.54, 1.807) is 33.5 Å². The first-order valence-electron chi connectivity index (χ1n) is 24.8. The Bertz CT molecular complexity index is 3130. The number of aromatic nitrogens is 5. The number of likely N-dealkylation sites (tertiary alicyclic amines) is 3. The fourth-order valence-corrected chi connectivity index (χ4v) is 12.1. The predicted octanol–water partition coefficient (Wildman–Crippen LogP) is 8.24. The first-order chi connectivity index (χ1) is 35.3. The Kier molecular flexibility index (Phi) is 12.6. The Morgan fingerprint density at radius 2 is 1.41 bits per heavy atom. The molecule has 5 aliphatic rings. The van der Waals surface area contributed by atoms with E-state index in [0.717, 1.165) is 52.7 Å². The molecule has 4 fully saturated rings. The molecule has 73 heavy (non-hydrogen) atoms. The number of alkyl carbamates (subject to hydrolysis) is 2. The van der Waals surface area contributed by atoms with Gasteiger partial charge in [0.2, 0.25) is 18.0 Å². The van der Waals surface area contributed by atoms with E-state index >= 15 is 4.39 Å². The first kappa shape index (κ1) is 47.9. The number of aromatic amines is 2. The third-order valence-electron chi connectivity index (χ3n) is 14.9. The van der Waals surface area contributed by atoms with Crippen LogP contribution in [-0.2, 0) is 23.8 Å². The third-order valence-corrected chi connectivity index (χ3v) is 16.2. The molecule has 5 amide bonds. The number of thiophene rings is 1. The highest BCUT2D eigenvalue weighted by atomic mass is 32.1. The number of halogens is 1. The van der Waals surface area contributed by atoms with Crippen LogP contribution >= 0.6 is 11.3 Å². The van der Waals surface area contributed by atoms with Crippen LogP contribution in [0.2, 0.25) is 0 Å². The maximum absolute atomic E-state index is 17.0. The second-order valence-corrected chi connectivity index (χ2v) is 21.0. The van der Waals surface area contributed by atoms with E-state index in [0.29, 0.717) is 71.8 Å². The number of ether oxygens (including phenoxy) is 4. The molecule has 5 atom stereocenters. The molecule has 4 N–H and O–H groups in total. The normalized spacial score (nSPS) is 20.3. The van der Waals surface area contributed by atoms with Crippen LogP contribution in [0.4, 0.5) is 18.8 Å². The van der Waals surface area contributed by atoms with Gasteiger partial charge in [-0.15, -0.1) is 11.3 Å². The fraction of sp³-hybridized carbons (Fsp3) is 0.442. The van der Waals surface area contributed by atoms with Gasteiger partial charge in [-0.1, -0.05) is 19.9 Å². The number of H-pyrrole nitrogens is 2. The number of amides is 5. The minimum atomic E-state index is -0.914. The molecule has 19 nitrogen and oxygen atoms in total. The van der Waals surface area contributed by atoms with Gasteiger partial charge in [0.1, 0.15) is 35.3 Å². The summed E-state index contributed by atoms with van der Waals surface area (Å²) in [4.78, 5) is 88.3. The summed E-state index contributed by atoms with van der Waals surface area (Å²) in [5.41, 5.74) is 4.52. The van der Waals surface area contributed by atoms with Crippen molar-refractivity contribution < 1.29 is 47.3 Å². The monoisotopic (exact) mass is 1020 g/mol. The van der Waals surface area contributed by atoms with Crippen LogP contribution in [0.3, 0.4) is 0 Å². The van der Waals surface area contributed by atoms with Crippen molar-refractivity contribution in [1.82, 2.24) is 49.8 Å². The molecule has 1 aliphatic carbocycles. The van der Waals surface area contributed by atoms with Gasteiger partial charge in [0, 0.05) is 53.5 Å². The van der Waals surface area contributed by atoms with Gasteiger partial charge in [0.05, 0.1) is 78.8 Å². The number of nitrogens with one attached hydrogen (secondary N) is 4. The van der Waals surface area contributed by atoms with E-state index in [1.807, 2.05) is 44.2 Å². The van der Waals surface area contributed by atoms with Crippen molar-refractivity contribution in [2.45, 2.75) is 88.7 Å². The number of hydrogen-bond acceptors (Lipinski definition) is 12. The molecule has 2 aromatic carbocycles. The van der Waals surface area contributed by atoms with Crippen molar-refractivity contribution in [2.75, 3.05) is 47.5 Å². The topological polar surface area (TPSA) is 218 Å². The summed E-state index contributed by atoms with van der Waals surface area (Å²) in [6.45, 7) is 5.20. The average molecular weight is 1020 g/mol. The molecule has 3 saturated heterocycles. The molecule has 11 rings (SSSR count). The van der Waals surface area contributed by atoms with Crippen molar-refractivity contribution in [2.24, 2.45) is 11.8 Å². The minimum Gasteiger partial charge on any atom is -0.464 e. The number of carbonyl (C=O) groups is 5. The third kappa shape index (κ3) is 8.79. The minimum absolute atomic E-state index is 0.182. The van der Waals surface area contributed by atoms with E-state index in [9.17, 15) is 24.0 Å². The quantitative estimate of drug-likeness (QED) is 0.0856. The molecule has 4 aromatic heterocycles. The number of rotatable bonds is 12. The number of benzene rings is 2. The highest BCUT2D eigenvalue weighted by molar-refractivity contribution is 7.12. The molecule has 0 spiro atoms. The molecule has 0 radical (unpaired) electrons. The molecule has 8 heterocycles. The lowest BCUT2D eigenvalue weighted by Gasteiger charge is -2.42.